The van der Waals surface area contributed by atoms with Gasteiger partial charge in [-0.2, -0.15) is 0 Å². The van der Waals surface area contributed by atoms with Gasteiger partial charge in [-0.05, 0) is 40.5 Å². The maximum atomic E-state index is 11.4. The molecule has 0 spiro atoms. The van der Waals surface area contributed by atoms with Crippen LogP contribution < -0.4 is 10.6 Å². The summed E-state index contributed by atoms with van der Waals surface area (Å²) in [6.07, 6.45) is 1.30. The van der Waals surface area contributed by atoms with Gasteiger partial charge in [-0.15, -0.1) is 0 Å². The molecule has 0 aliphatic rings. The zero-order valence-electron chi connectivity index (χ0n) is 13.6. The van der Waals surface area contributed by atoms with Crippen molar-refractivity contribution in [1.29, 1.82) is 0 Å². The number of carbonyl (C=O) groups is 1. The molecule has 0 aromatic carbocycles. The smallest absolute Gasteiger partial charge is 0.407 e. The third kappa shape index (κ3) is 7.48. The second-order valence-corrected chi connectivity index (χ2v) is 5.85. The van der Waals surface area contributed by atoms with E-state index in [1.807, 2.05) is 33.8 Å². The Balaban J connectivity index is 2.25. The number of anilines is 1. The minimum atomic E-state index is -0.461. The highest BCUT2D eigenvalue weighted by molar-refractivity contribution is 5.67. The summed E-state index contributed by atoms with van der Waals surface area (Å²) in [5.74, 6) is 1.60. The van der Waals surface area contributed by atoms with Gasteiger partial charge >= 0.3 is 6.09 Å². The maximum absolute atomic E-state index is 11.4. The van der Waals surface area contributed by atoms with Crippen LogP contribution in [0.1, 0.15) is 45.6 Å². The molecule has 0 saturated carbocycles. The molecule has 1 amide bonds. The van der Waals surface area contributed by atoms with Crippen molar-refractivity contribution >= 4 is 11.9 Å². The first-order valence-electron chi connectivity index (χ1n) is 7.35. The van der Waals surface area contributed by atoms with Crippen LogP contribution in [0.25, 0.3) is 0 Å². The molecule has 118 valence electrons. The highest BCUT2D eigenvalue weighted by Crippen LogP contribution is 2.07. The molecule has 0 saturated heterocycles. The molecule has 0 aliphatic heterocycles. The molecule has 0 fully saturated rings. The summed E-state index contributed by atoms with van der Waals surface area (Å²) in [6.45, 7) is 10.8. The molecule has 0 radical (unpaired) electrons. The Hall–Kier alpha value is -1.85. The zero-order chi connectivity index (χ0) is 15.9. The predicted molar refractivity (Wildman–Crippen MR) is 83.5 cm³/mol. The number of amides is 1. The van der Waals surface area contributed by atoms with Crippen molar-refractivity contribution in [2.24, 2.45) is 0 Å². The summed E-state index contributed by atoms with van der Waals surface area (Å²) in [6, 6.07) is 1.95. The van der Waals surface area contributed by atoms with Gasteiger partial charge in [-0.3, -0.25) is 0 Å². The van der Waals surface area contributed by atoms with E-state index in [0.717, 1.165) is 36.7 Å². The second-order valence-electron chi connectivity index (χ2n) is 5.85. The Morgan fingerprint density at radius 2 is 2.00 bits per heavy atom. The molecule has 0 atom stereocenters. The van der Waals surface area contributed by atoms with Crippen molar-refractivity contribution in [3.63, 3.8) is 0 Å². The molecule has 1 aromatic rings. The van der Waals surface area contributed by atoms with Gasteiger partial charge in [-0.25, -0.2) is 14.8 Å². The van der Waals surface area contributed by atoms with Crippen LogP contribution in [-0.4, -0.2) is 34.8 Å². The number of nitrogens with zero attached hydrogens (tertiary/aromatic N) is 2. The van der Waals surface area contributed by atoms with Crippen LogP contribution in [0, 0.1) is 6.92 Å². The first kappa shape index (κ1) is 17.2. The SMILES string of the molecule is CCc1cc(NCCCNC(=O)OC(C)(C)C)nc(C)n1. The lowest BCUT2D eigenvalue weighted by Gasteiger charge is -2.19. The number of rotatable bonds is 6. The molecule has 0 aliphatic carbocycles. The van der Waals surface area contributed by atoms with Crippen LogP contribution in [0.2, 0.25) is 0 Å². The van der Waals surface area contributed by atoms with Crippen molar-refractivity contribution < 1.29 is 9.53 Å². The minimum Gasteiger partial charge on any atom is -0.444 e. The Kier molecular flexibility index (Phi) is 6.39. The van der Waals surface area contributed by atoms with Gasteiger partial charge in [0.2, 0.25) is 0 Å². The molecule has 6 nitrogen and oxygen atoms in total. The van der Waals surface area contributed by atoms with E-state index in [9.17, 15) is 4.79 Å². The number of nitrogens with one attached hydrogen (secondary N) is 2. The fraction of sp³-hybridized carbons (Fsp3) is 0.667. The third-order valence-electron chi connectivity index (χ3n) is 2.58. The fourth-order valence-electron chi connectivity index (χ4n) is 1.71. The van der Waals surface area contributed by atoms with Gasteiger partial charge in [0.1, 0.15) is 17.2 Å². The predicted octanol–water partition coefficient (Wildman–Crippen LogP) is 2.67. The van der Waals surface area contributed by atoms with E-state index in [1.165, 1.54) is 0 Å². The van der Waals surface area contributed by atoms with Crippen molar-refractivity contribution in [1.82, 2.24) is 15.3 Å². The molecule has 0 bridgehead atoms. The lowest BCUT2D eigenvalue weighted by molar-refractivity contribution is 0.0528. The van der Waals surface area contributed by atoms with Crippen molar-refractivity contribution in [2.75, 3.05) is 18.4 Å². The number of alkyl carbamates (subject to hydrolysis) is 1. The molecular weight excluding hydrogens is 268 g/mol. The van der Waals surface area contributed by atoms with Crippen LogP contribution in [0.3, 0.4) is 0 Å². The van der Waals surface area contributed by atoms with Crippen LogP contribution in [-0.2, 0) is 11.2 Å². The molecule has 21 heavy (non-hydrogen) atoms. The lowest BCUT2D eigenvalue weighted by atomic mass is 10.2. The standard InChI is InChI=1S/C15H26N4O2/c1-6-12-10-13(19-11(2)18-12)16-8-7-9-17-14(20)21-15(3,4)5/h10H,6-9H2,1-5H3,(H,17,20)(H,16,18,19). The first-order chi connectivity index (χ1) is 9.80. The van der Waals surface area contributed by atoms with Crippen molar-refractivity contribution in [3.8, 4) is 0 Å². The highest BCUT2D eigenvalue weighted by atomic mass is 16.6. The lowest BCUT2D eigenvalue weighted by Crippen LogP contribution is -2.33. The van der Waals surface area contributed by atoms with E-state index in [4.69, 9.17) is 4.74 Å². The number of hydrogen-bond acceptors (Lipinski definition) is 5. The molecule has 1 heterocycles. The zero-order valence-corrected chi connectivity index (χ0v) is 13.6. The minimum absolute atomic E-state index is 0.381. The van der Waals surface area contributed by atoms with E-state index in [1.54, 1.807) is 0 Å². The number of ether oxygens (including phenoxy) is 1. The Labute approximate surface area is 126 Å². The van der Waals surface area contributed by atoms with Crippen molar-refractivity contribution in [3.05, 3.63) is 17.6 Å². The van der Waals surface area contributed by atoms with E-state index in [0.29, 0.717) is 6.54 Å². The summed E-state index contributed by atoms with van der Waals surface area (Å²) < 4.78 is 5.16. The van der Waals surface area contributed by atoms with E-state index < -0.39 is 5.60 Å². The Morgan fingerprint density at radius 1 is 1.29 bits per heavy atom. The summed E-state index contributed by atoms with van der Waals surface area (Å²) in [4.78, 5) is 20.1. The van der Waals surface area contributed by atoms with Gasteiger partial charge in [0.15, 0.2) is 0 Å². The van der Waals surface area contributed by atoms with Crippen LogP contribution in [0.15, 0.2) is 6.07 Å². The van der Waals surface area contributed by atoms with Gasteiger partial charge in [0, 0.05) is 24.8 Å². The first-order valence-corrected chi connectivity index (χ1v) is 7.35. The quantitative estimate of drug-likeness (QED) is 0.789. The third-order valence-corrected chi connectivity index (χ3v) is 2.58. The highest BCUT2D eigenvalue weighted by Gasteiger charge is 2.15. The number of hydrogen-bond donors (Lipinski definition) is 2. The average Bonchev–Trinajstić information content (AvgIpc) is 2.35. The topological polar surface area (TPSA) is 76.1 Å². The number of aromatic nitrogens is 2. The Bertz CT molecular complexity index is 469. The molecule has 1 aromatic heterocycles. The summed E-state index contributed by atoms with van der Waals surface area (Å²) in [5.41, 5.74) is 0.564. The van der Waals surface area contributed by atoms with E-state index >= 15 is 0 Å². The van der Waals surface area contributed by atoms with Crippen LogP contribution in [0.4, 0.5) is 10.6 Å². The van der Waals surface area contributed by atoms with Crippen LogP contribution >= 0.6 is 0 Å². The van der Waals surface area contributed by atoms with Crippen molar-refractivity contribution in [2.45, 2.75) is 53.1 Å². The summed E-state index contributed by atoms with van der Waals surface area (Å²) >= 11 is 0. The average molecular weight is 294 g/mol. The van der Waals surface area contributed by atoms with Gasteiger partial charge in [0.05, 0.1) is 0 Å². The van der Waals surface area contributed by atoms with Gasteiger partial charge in [-0.1, -0.05) is 6.92 Å². The largest absolute Gasteiger partial charge is 0.444 e. The molecule has 2 N–H and O–H groups in total. The van der Waals surface area contributed by atoms with Crippen LogP contribution in [0.5, 0.6) is 0 Å². The molecular formula is C15H26N4O2. The maximum Gasteiger partial charge on any atom is 0.407 e. The molecule has 6 heteroatoms. The molecule has 1 rings (SSSR count). The second kappa shape index (κ2) is 7.81. The number of carbonyl (C=O) groups excluding carboxylic acids is 1. The van der Waals surface area contributed by atoms with E-state index in [-0.39, 0.29) is 6.09 Å². The Morgan fingerprint density at radius 3 is 2.62 bits per heavy atom. The fourth-order valence-corrected chi connectivity index (χ4v) is 1.71. The molecule has 0 unspecified atom stereocenters. The summed E-state index contributed by atoms with van der Waals surface area (Å²) in [5, 5.41) is 5.96. The van der Waals surface area contributed by atoms with Gasteiger partial charge in [0.25, 0.3) is 0 Å². The summed E-state index contributed by atoms with van der Waals surface area (Å²) in [7, 11) is 0. The number of aryl methyl sites for hydroxylation is 2. The van der Waals surface area contributed by atoms with E-state index in [2.05, 4.69) is 27.5 Å². The monoisotopic (exact) mass is 294 g/mol. The van der Waals surface area contributed by atoms with Gasteiger partial charge < -0.3 is 15.4 Å². The normalized spacial score (nSPS) is 11.1.